The molecule has 2 unspecified atom stereocenters. The van der Waals surface area contributed by atoms with Crippen LogP contribution in [-0.2, 0) is 11.2 Å². The molecule has 3 heteroatoms. The molecule has 100 valence electrons. The van der Waals surface area contributed by atoms with Crippen molar-refractivity contribution in [3.8, 4) is 0 Å². The van der Waals surface area contributed by atoms with E-state index in [4.69, 9.17) is 4.74 Å². The smallest absolute Gasteiger partial charge is 0.0633 e. The van der Waals surface area contributed by atoms with Crippen LogP contribution in [0.1, 0.15) is 12.5 Å². The van der Waals surface area contributed by atoms with Gasteiger partial charge in [-0.1, -0.05) is 25.1 Å². The van der Waals surface area contributed by atoms with E-state index in [-0.39, 0.29) is 0 Å². The molecule has 0 bridgehead atoms. The number of fused-ring (bicyclic) bond motifs is 1. The minimum Gasteiger partial charge on any atom is -0.383 e. The van der Waals surface area contributed by atoms with E-state index in [0.717, 1.165) is 25.6 Å². The number of hydrogen-bond donors (Lipinski definition) is 1. The third-order valence-corrected chi connectivity index (χ3v) is 3.65. The van der Waals surface area contributed by atoms with Gasteiger partial charge < -0.3 is 15.0 Å². The van der Waals surface area contributed by atoms with Crippen molar-refractivity contribution < 1.29 is 4.74 Å². The molecule has 0 aromatic heterocycles. The maximum Gasteiger partial charge on any atom is 0.0633 e. The van der Waals surface area contributed by atoms with E-state index in [0.29, 0.717) is 6.04 Å². The summed E-state index contributed by atoms with van der Waals surface area (Å²) < 4.78 is 5.26. The molecular weight excluding hydrogens is 224 g/mol. The molecule has 1 heterocycles. The third-order valence-electron chi connectivity index (χ3n) is 3.65. The van der Waals surface area contributed by atoms with Crippen molar-refractivity contribution in [2.45, 2.75) is 19.4 Å². The van der Waals surface area contributed by atoms with E-state index in [1.54, 1.807) is 7.11 Å². The predicted molar refractivity (Wildman–Crippen MR) is 76.2 cm³/mol. The zero-order chi connectivity index (χ0) is 13.0. The summed E-state index contributed by atoms with van der Waals surface area (Å²) >= 11 is 0. The van der Waals surface area contributed by atoms with Crippen molar-refractivity contribution >= 4 is 5.69 Å². The maximum atomic E-state index is 5.26. The van der Waals surface area contributed by atoms with Gasteiger partial charge in [-0.3, -0.25) is 0 Å². The molecular formula is C15H24N2O. The number of likely N-dealkylation sites (N-methyl/N-ethyl adjacent to an activating group) is 1. The summed E-state index contributed by atoms with van der Waals surface area (Å²) in [5.74, 6) is 0.722. The summed E-state index contributed by atoms with van der Waals surface area (Å²) in [5, 5.41) is 3.33. The highest BCUT2D eigenvalue weighted by Gasteiger charge is 2.23. The first kappa shape index (κ1) is 13.4. The molecule has 18 heavy (non-hydrogen) atoms. The van der Waals surface area contributed by atoms with Crippen LogP contribution in [0, 0.1) is 5.92 Å². The van der Waals surface area contributed by atoms with Crippen LogP contribution in [-0.4, -0.2) is 39.9 Å². The number of methoxy groups -OCH3 is 1. The van der Waals surface area contributed by atoms with Crippen LogP contribution in [0.2, 0.25) is 0 Å². The number of rotatable bonds is 5. The van der Waals surface area contributed by atoms with Crippen LogP contribution in [0.25, 0.3) is 0 Å². The minimum atomic E-state index is 0.383. The van der Waals surface area contributed by atoms with Crippen molar-refractivity contribution in [2.75, 3.05) is 38.8 Å². The highest BCUT2D eigenvalue weighted by Crippen LogP contribution is 2.29. The van der Waals surface area contributed by atoms with Gasteiger partial charge in [0.1, 0.15) is 0 Å². The van der Waals surface area contributed by atoms with Gasteiger partial charge >= 0.3 is 0 Å². The number of nitrogens with one attached hydrogen (secondary N) is 1. The van der Waals surface area contributed by atoms with Crippen LogP contribution in [0.15, 0.2) is 24.3 Å². The van der Waals surface area contributed by atoms with Crippen molar-refractivity contribution in [3.05, 3.63) is 29.8 Å². The van der Waals surface area contributed by atoms with Gasteiger partial charge in [0.15, 0.2) is 0 Å². The largest absolute Gasteiger partial charge is 0.383 e. The molecule has 1 aromatic carbocycles. The van der Waals surface area contributed by atoms with Gasteiger partial charge in [-0.2, -0.15) is 0 Å². The van der Waals surface area contributed by atoms with Gasteiger partial charge in [0, 0.05) is 31.9 Å². The Bertz CT molecular complexity index is 381. The Kier molecular flexibility index (Phi) is 4.61. The molecule has 0 spiro atoms. The Morgan fingerprint density at radius 3 is 2.94 bits per heavy atom. The lowest BCUT2D eigenvalue weighted by Crippen LogP contribution is -2.45. The topological polar surface area (TPSA) is 24.5 Å². The third kappa shape index (κ3) is 3.03. The molecule has 1 aliphatic rings. The quantitative estimate of drug-likeness (QED) is 0.861. The number of nitrogens with zero attached hydrogens (tertiary/aromatic N) is 1. The zero-order valence-electron chi connectivity index (χ0n) is 11.6. The summed E-state index contributed by atoms with van der Waals surface area (Å²) in [6, 6.07) is 9.14. The number of hydrogen-bond acceptors (Lipinski definition) is 3. The Hall–Kier alpha value is -1.06. The highest BCUT2D eigenvalue weighted by molar-refractivity contribution is 5.55. The average Bonchev–Trinajstić information content (AvgIpc) is 2.38. The number of ether oxygens (including phenoxy) is 1. The fourth-order valence-corrected chi connectivity index (χ4v) is 2.77. The normalized spacial score (nSPS) is 20.6. The number of anilines is 1. The van der Waals surface area contributed by atoms with Crippen molar-refractivity contribution in [1.82, 2.24) is 5.32 Å². The first-order valence-corrected chi connectivity index (χ1v) is 6.73. The Labute approximate surface area is 110 Å². The lowest BCUT2D eigenvalue weighted by atomic mass is 9.93. The van der Waals surface area contributed by atoms with Crippen LogP contribution >= 0.6 is 0 Å². The van der Waals surface area contributed by atoms with Crippen LogP contribution in [0.3, 0.4) is 0 Å². The van der Waals surface area contributed by atoms with Gasteiger partial charge in [-0.25, -0.2) is 0 Å². The van der Waals surface area contributed by atoms with Gasteiger partial charge in [-0.05, 0) is 31.0 Å². The second-order valence-corrected chi connectivity index (χ2v) is 5.28. The Balaban J connectivity index is 2.13. The van der Waals surface area contributed by atoms with E-state index >= 15 is 0 Å². The second kappa shape index (κ2) is 6.21. The van der Waals surface area contributed by atoms with Crippen LogP contribution in [0.5, 0.6) is 0 Å². The van der Waals surface area contributed by atoms with E-state index in [1.165, 1.54) is 17.7 Å². The van der Waals surface area contributed by atoms with E-state index in [1.807, 2.05) is 7.05 Å². The second-order valence-electron chi connectivity index (χ2n) is 5.28. The van der Waals surface area contributed by atoms with Gasteiger partial charge in [0.05, 0.1) is 6.61 Å². The molecule has 0 aliphatic carbocycles. The van der Waals surface area contributed by atoms with E-state index < -0.39 is 0 Å². The molecule has 0 fully saturated rings. The maximum absolute atomic E-state index is 5.26. The molecule has 0 saturated carbocycles. The van der Waals surface area contributed by atoms with Gasteiger partial charge in [-0.15, -0.1) is 0 Å². The van der Waals surface area contributed by atoms with Crippen molar-refractivity contribution in [1.29, 1.82) is 0 Å². The van der Waals surface area contributed by atoms with Gasteiger partial charge in [0.25, 0.3) is 0 Å². The van der Waals surface area contributed by atoms with Crippen LogP contribution < -0.4 is 10.2 Å². The summed E-state index contributed by atoms with van der Waals surface area (Å²) in [6.45, 7) is 5.22. The predicted octanol–water partition coefficient (Wildman–Crippen LogP) is 1.92. The summed E-state index contributed by atoms with van der Waals surface area (Å²) in [7, 11) is 3.76. The Morgan fingerprint density at radius 1 is 1.44 bits per heavy atom. The summed E-state index contributed by atoms with van der Waals surface area (Å²) in [4.78, 5) is 2.49. The van der Waals surface area contributed by atoms with Crippen LogP contribution in [0.4, 0.5) is 5.69 Å². The molecule has 2 rings (SSSR count). The number of benzene rings is 1. The fourth-order valence-electron chi connectivity index (χ4n) is 2.77. The SMILES string of the molecule is CNC(COC)CN1CC(C)Cc2ccccc21. The summed E-state index contributed by atoms with van der Waals surface area (Å²) in [5.41, 5.74) is 2.87. The lowest BCUT2D eigenvalue weighted by molar-refractivity contribution is 0.170. The molecule has 3 nitrogen and oxygen atoms in total. The van der Waals surface area contributed by atoms with E-state index in [2.05, 4.69) is 41.4 Å². The molecule has 0 radical (unpaired) electrons. The minimum absolute atomic E-state index is 0.383. The van der Waals surface area contributed by atoms with Crippen molar-refractivity contribution in [2.24, 2.45) is 5.92 Å². The number of para-hydroxylation sites is 1. The van der Waals surface area contributed by atoms with E-state index in [9.17, 15) is 0 Å². The average molecular weight is 248 g/mol. The molecule has 0 amide bonds. The molecule has 1 aromatic rings. The monoisotopic (exact) mass is 248 g/mol. The molecule has 1 aliphatic heterocycles. The summed E-state index contributed by atoms with van der Waals surface area (Å²) in [6.07, 6.45) is 1.20. The zero-order valence-corrected chi connectivity index (χ0v) is 11.6. The highest BCUT2D eigenvalue weighted by atomic mass is 16.5. The standard InChI is InChI=1S/C15H24N2O/c1-12-8-13-6-4-5-7-15(13)17(9-12)10-14(16-2)11-18-3/h4-7,12,14,16H,8-11H2,1-3H3. The van der Waals surface area contributed by atoms with Gasteiger partial charge in [0.2, 0.25) is 0 Å². The molecule has 0 saturated heterocycles. The van der Waals surface area contributed by atoms with Crippen molar-refractivity contribution in [3.63, 3.8) is 0 Å². The Morgan fingerprint density at radius 2 is 2.22 bits per heavy atom. The first-order chi connectivity index (χ1) is 8.74. The molecule has 2 atom stereocenters. The molecule has 1 N–H and O–H groups in total. The first-order valence-electron chi connectivity index (χ1n) is 6.73. The lowest BCUT2D eigenvalue weighted by Gasteiger charge is -2.37. The fraction of sp³-hybridized carbons (Fsp3) is 0.600.